The van der Waals surface area contributed by atoms with Crippen molar-refractivity contribution >= 4 is 46.8 Å². The number of alkyl halides is 1. The molecule has 3 aliphatic rings. The second kappa shape index (κ2) is 9.36. The fourth-order valence-electron chi connectivity index (χ4n) is 5.86. The number of fused-ring (bicyclic) bond motifs is 4. The van der Waals surface area contributed by atoms with Crippen molar-refractivity contribution in [2.24, 2.45) is 11.8 Å². The van der Waals surface area contributed by atoms with Crippen LogP contribution in [0.15, 0.2) is 54.6 Å². The summed E-state index contributed by atoms with van der Waals surface area (Å²) < 4.78 is 0. The van der Waals surface area contributed by atoms with Crippen LogP contribution in [0.1, 0.15) is 24.0 Å². The number of carbonyl (C=O) groups is 3. The van der Waals surface area contributed by atoms with Crippen LogP contribution in [0.2, 0.25) is 0 Å². The number of nitrogens with zero attached hydrogens (tertiary/aromatic N) is 2. The van der Waals surface area contributed by atoms with E-state index in [0.29, 0.717) is 25.3 Å². The van der Waals surface area contributed by atoms with Crippen LogP contribution in [0.25, 0.3) is 0 Å². The minimum absolute atomic E-state index is 0.150. The molecule has 0 saturated carbocycles. The molecule has 0 aromatic heterocycles. The minimum atomic E-state index is -1.23. The summed E-state index contributed by atoms with van der Waals surface area (Å²) in [5, 5.41) is 3.55. The Bertz CT molecular complexity index is 1110. The van der Waals surface area contributed by atoms with Crippen molar-refractivity contribution in [2.75, 3.05) is 29.3 Å². The lowest BCUT2D eigenvalue weighted by Crippen LogP contribution is -2.55. The summed E-state index contributed by atoms with van der Waals surface area (Å²) >= 11 is 7.65. The van der Waals surface area contributed by atoms with Crippen molar-refractivity contribution in [3.8, 4) is 0 Å². The van der Waals surface area contributed by atoms with Gasteiger partial charge < -0.3 is 4.90 Å². The zero-order chi connectivity index (χ0) is 23.9. The summed E-state index contributed by atoms with van der Waals surface area (Å²) in [6.07, 6.45) is 3.38. The Morgan fingerprint density at radius 3 is 2.47 bits per heavy atom. The molecule has 0 unspecified atom stereocenters. The van der Waals surface area contributed by atoms with Gasteiger partial charge in [-0.25, -0.2) is 0 Å². The number of thioether (sulfide) groups is 1. The number of amides is 3. The van der Waals surface area contributed by atoms with Crippen molar-refractivity contribution in [2.45, 2.75) is 31.0 Å². The number of likely N-dealkylation sites (tertiary alicyclic amines) is 1. The molecule has 3 amide bonds. The molecule has 2 aromatic rings. The number of para-hydroxylation sites is 1. The second-order valence-electron chi connectivity index (χ2n) is 9.11. The van der Waals surface area contributed by atoms with Crippen molar-refractivity contribution in [3.05, 3.63) is 65.7 Å². The highest BCUT2D eigenvalue weighted by Crippen LogP contribution is 2.55. The number of imide groups is 1. The first-order chi connectivity index (χ1) is 16.5. The highest BCUT2D eigenvalue weighted by molar-refractivity contribution is 7.98. The van der Waals surface area contributed by atoms with Gasteiger partial charge in [-0.05, 0) is 36.5 Å². The first-order valence-corrected chi connectivity index (χ1v) is 13.6. The van der Waals surface area contributed by atoms with Crippen molar-refractivity contribution in [1.82, 2.24) is 10.2 Å². The van der Waals surface area contributed by atoms with E-state index in [2.05, 4.69) is 5.32 Å². The SMILES string of the molecule is CSCC[C@@H]1N[C@]2(C(=O)N(CCCCl)c3ccccc32)[C@@H]2C(=O)N(Cc3ccccc3)C(=O)[C@@H]12. The Labute approximate surface area is 209 Å². The van der Waals surface area contributed by atoms with Crippen molar-refractivity contribution in [1.29, 1.82) is 0 Å². The molecule has 5 rings (SSSR count). The lowest BCUT2D eigenvalue weighted by atomic mass is 9.76. The Balaban J connectivity index is 1.59. The number of halogens is 1. The smallest absolute Gasteiger partial charge is 0.252 e. The average Bonchev–Trinajstić information content (AvgIpc) is 3.41. The highest BCUT2D eigenvalue weighted by Gasteiger charge is 2.71. The Hall–Kier alpha value is -2.35. The van der Waals surface area contributed by atoms with Gasteiger partial charge in [-0.2, -0.15) is 11.8 Å². The molecule has 0 radical (unpaired) electrons. The normalized spacial score (nSPS) is 27.7. The summed E-state index contributed by atoms with van der Waals surface area (Å²) in [6.45, 7) is 0.703. The summed E-state index contributed by atoms with van der Waals surface area (Å²) in [5.41, 5.74) is 1.26. The molecule has 1 N–H and O–H groups in total. The summed E-state index contributed by atoms with van der Waals surface area (Å²) in [7, 11) is 0. The number of nitrogens with one attached hydrogen (secondary N) is 1. The molecule has 2 aromatic carbocycles. The predicted molar refractivity (Wildman–Crippen MR) is 135 cm³/mol. The topological polar surface area (TPSA) is 69.7 Å². The minimum Gasteiger partial charge on any atom is -0.310 e. The summed E-state index contributed by atoms with van der Waals surface area (Å²) in [5.74, 6) is -0.638. The van der Waals surface area contributed by atoms with Crippen molar-refractivity contribution < 1.29 is 14.4 Å². The van der Waals surface area contributed by atoms with E-state index in [0.717, 1.165) is 22.6 Å². The van der Waals surface area contributed by atoms with E-state index in [1.54, 1.807) is 16.7 Å². The number of carbonyl (C=O) groups excluding carboxylic acids is 3. The van der Waals surface area contributed by atoms with Gasteiger partial charge in [0.2, 0.25) is 11.8 Å². The number of anilines is 1. The van der Waals surface area contributed by atoms with E-state index in [4.69, 9.17) is 11.6 Å². The van der Waals surface area contributed by atoms with E-state index in [1.165, 1.54) is 4.90 Å². The van der Waals surface area contributed by atoms with Gasteiger partial charge >= 0.3 is 0 Å². The first-order valence-electron chi connectivity index (χ1n) is 11.7. The molecule has 34 heavy (non-hydrogen) atoms. The van der Waals surface area contributed by atoms with Crippen molar-refractivity contribution in [3.63, 3.8) is 0 Å². The lowest BCUT2D eigenvalue weighted by molar-refractivity contribution is -0.143. The van der Waals surface area contributed by atoms with E-state index < -0.39 is 17.4 Å². The monoisotopic (exact) mass is 497 g/mol. The molecule has 178 valence electrons. The molecule has 3 aliphatic heterocycles. The Morgan fingerprint density at radius 1 is 1.00 bits per heavy atom. The molecule has 2 fully saturated rings. The molecule has 0 bridgehead atoms. The van der Waals surface area contributed by atoms with E-state index >= 15 is 0 Å². The molecule has 4 atom stereocenters. The number of hydrogen-bond acceptors (Lipinski definition) is 5. The maximum Gasteiger partial charge on any atom is 0.252 e. The van der Waals surface area contributed by atoms with E-state index in [1.807, 2.05) is 60.9 Å². The fraction of sp³-hybridized carbons (Fsp3) is 0.423. The average molecular weight is 498 g/mol. The largest absolute Gasteiger partial charge is 0.310 e. The summed E-state index contributed by atoms with van der Waals surface area (Å²) in [4.78, 5) is 44.9. The highest BCUT2D eigenvalue weighted by atomic mass is 35.5. The second-order valence-corrected chi connectivity index (χ2v) is 10.5. The van der Waals surface area contributed by atoms with Crippen LogP contribution in [-0.2, 0) is 26.5 Å². The maximum absolute atomic E-state index is 14.1. The van der Waals surface area contributed by atoms with Gasteiger partial charge in [-0.3, -0.25) is 24.6 Å². The number of rotatable bonds is 8. The van der Waals surface area contributed by atoms with Crippen LogP contribution >= 0.6 is 23.4 Å². The van der Waals surface area contributed by atoms with Gasteiger partial charge in [0.25, 0.3) is 5.91 Å². The molecule has 1 spiro atoms. The summed E-state index contributed by atoms with van der Waals surface area (Å²) in [6, 6.07) is 16.9. The van der Waals surface area contributed by atoms with Gasteiger partial charge in [-0.1, -0.05) is 48.5 Å². The number of hydrogen-bond donors (Lipinski definition) is 1. The van der Waals surface area contributed by atoms with Gasteiger partial charge in [0.1, 0.15) is 5.54 Å². The number of benzene rings is 2. The quantitative estimate of drug-likeness (QED) is 0.447. The van der Waals surface area contributed by atoms with Crippen LogP contribution in [0.4, 0.5) is 5.69 Å². The van der Waals surface area contributed by atoms with Gasteiger partial charge in [0, 0.05) is 29.7 Å². The third kappa shape index (κ3) is 3.48. The fourth-order valence-corrected chi connectivity index (χ4v) is 6.47. The Morgan fingerprint density at radius 2 is 1.74 bits per heavy atom. The lowest BCUT2D eigenvalue weighted by Gasteiger charge is -2.30. The molecular formula is C26H28ClN3O3S. The van der Waals surface area contributed by atoms with Gasteiger partial charge in [0.05, 0.1) is 18.4 Å². The van der Waals surface area contributed by atoms with Crippen LogP contribution in [0.5, 0.6) is 0 Å². The van der Waals surface area contributed by atoms with Gasteiger partial charge in [0.15, 0.2) is 0 Å². The molecule has 2 saturated heterocycles. The van der Waals surface area contributed by atoms with Crippen LogP contribution in [0, 0.1) is 11.8 Å². The standard InChI is InChI=1S/C26H28ClN3O3S/c1-34-15-12-19-21-22(24(32)30(23(21)31)16-17-8-3-2-4-9-17)26(28-19)18-10-5-6-11-20(18)29(25(26)33)14-7-13-27/h2-6,8-11,19,21-22,28H,7,12-16H2,1H3/t19-,21-,22-,26-/m0/s1. The van der Waals surface area contributed by atoms with E-state index in [9.17, 15) is 14.4 Å². The third-order valence-corrected chi connectivity index (χ3v) is 8.20. The molecular weight excluding hydrogens is 470 g/mol. The zero-order valence-electron chi connectivity index (χ0n) is 19.1. The van der Waals surface area contributed by atoms with Gasteiger partial charge in [-0.15, -0.1) is 11.6 Å². The Kier molecular flexibility index (Phi) is 6.44. The zero-order valence-corrected chi connectivity index (χ0v) is 20.6. The predicted octanol–water partition coefficient (Wildman–Crippen LogP) is 3.38. The molecule has 8 heteroatoms. The molecule has 6 nitrogen and oxygen atoms in total. The first kappa shape index (κ1) is 23.4. The van der Waals surface area contributed by atoms with E-state index in [-0.39, 0.29) is 30.3 Å². The maximum atomic E-state index is 14.1. The molecule has 3 heterocycles. The van der Waals surface area contributed by atoms with Crippen LogP contribution in [0.3, 0.4) is 0 Å². The van der Waals surface area contributed by atoms with Crippen LogP contribution in [-0.4, -0.2) is 53.1 Å². The molecule has 0 aliphatic carbocycles. The van der Waals surface area contributed by atoms with Crippen LogP contribution < -0.4 is 10.2 Å². The third-order valence-electron chi connectivity index (χ3n) is 7.29.